The molecule has 0 aliphatic rings. The third kappa shape index (κ3) is 1.92. The van der Waals surface area contributed by atoms with E-state index in [2.05, 4.69) is 59.6 Å². The number of rotatable bonds is 1. The Morgan fingerprint density at radius 2 is 1.59 bits per heavy atom. The van der Waals surface area contributed by atoms with Gasteiger partial charge in [0.2, 0.25) is 0 Å². The van der Waals surface area contributed by atoms with Gasteiger partial charge in [0.15, 0.2) is 0 Å². The average molecular weight is 219 g/mol. The fraction of sp³-hybridized carbons (Fsp3) is 0.0625. The van der Waals surface area contributed by atoms with Crippen LogP contribution in [0.25, 0.3) is 22.0 Å². The molecule has 1 heteroatoms. The van der Waals surface area contributed by atoms with Crippen molar-refractivity contribution in [3.8, 4) is 11.1 Å². The normalized spacial score (nSPS) is 10.6. The predicted octanol–water partition coefficient (Wildman–Crippen LogP) is 4.21. The first-order chi connectivity index (χ1) is 8.33. The number of aromatic nitrogens is 1. The van der Waals surface area contributed by atoms with E-state index in [1.807, 2.05) is 13.0 Å². The first-order valence-corrected chi connectivity index (χ1v) is 5.76. The number of pyridine rings is 1. The summed E-state index contributed by atoms with van der Waals surface area (Å²) < 4.78 is 0. The number of aryl methyl sites for hydroxylation is 1. The SMILES string of the molecule is Cc1ccc2cc(-c3ccccc3)ccc2n1. The lowest BCUT2D eigenvalue weighted by Crippen LogP contribution is -1.84. The van der Waals surface area contributed by atoms with Crippen LogP contribution in [0.4, 0.5) is 0 Å². The van der Waals surface area contributed by atoms with E-state index >= 15 is 0 Å². The average Bonchev–Trinajstić information content (AvgIpc) is 2.39. The minimum absolute atomic E-state index is 1.06. The molecule has 0 fully saturated rings. The molecule has 0 spiro atoms. The first kappa shape index (κ1) is 10.0. The Balaban J connectivity index is 2.17. The van der Waals surface area contributed by atoms with Gasteiger partial charge in [-0.1, -0.05) is 42.5 Å². The van der Waals surface area contributed by atoms with E-state index in [-0.39, 0.29) is 0 Å². The molecular weight excluding hydrogens is 206 g/mol. The van der Waals surface area contributed by atoms with Crippen molar-refractivity contribution in [3.63, 3.8) is 0 Å². The second-order valence-electron chi connectivity index (χ2n) is 4.23. The van der Waals surface area contributed by atoms with Crippen molar-refractivity contribution in [2.24, 2.45) is 0 Å². The lowest BCUT2D eigenvalue weighted by Gasteiger charge is -2.04. The van der Waals surface area contributed by atoms with Gasteiger partial charge >= 0.3 is 0 Å². The minimum atomic E-state index is 1.06. The summed E-state index contributed by atoms with van der Waals surface area (Å²) >= 11 is 0. The molecule has 2 aromatic carbocycles. The number of hydrogen-bond acceptors (Lipinski definition) is 1. The van der Waals surface area contributed by atoms with E-state index in [0.29, 0.717) is 0 Å². The van der Waals surface area contributed by atoms with Gasteiger partial charge in [0, 0.05) is 11.1 Å². The number of nitrogens with zero attached hydrogens (tertiary/aromatic N) is 1. The van der Waals surface area contributed by atoms with Gasteiger partial charge in [0.25, 0.3) is 0 Å². The zero-order chi connectivity index (χ0) is 11.7. The summed E-state index contributed by atoms with van der Waals surface area (Å²) in [5.41, 5.74) is 4.60. The highest BCUT2D eigenvalue weighted by Gasteiger charge is 2.00. The second-order valence-corrected chi connectivity index (χ2v) is 4.23. The third-order valence-electron chi connectivity index (χ3n) is 2.94. The van der Waals surface area contributed by atoms with Crippen LogP contribution in [-0.2, 0) is 0 Å². The molecule has 0 radical (unpaired) electrons. The number of hydrogen-bond donors (Lipinski definition) is 0. The van der Waals surface area contributed by atoms with Crippen molar-refractivity contribution < 1.29 is 0 Å². The van der Waals surface area contributed by atoms with Crippen molar-refractivity contribution in [3.05, 3.63) is 66.4 Å². The molecule has 3 rings (SSSR count). The molecule has 17 heavy (non-hydrogen) atoms. The van der Waals surface area contributed by atoms with Crippen LogP contribution in [0.2, 0.25) is 0 Å². The van der Waals surface area contributed by atoms with Gasteiger partial charge in [-0.05, 0) is 36.2 Å². The van der Waals surface area contributed by atoms with Gasteiger partial charge in [0.05, 0.1) is 5.52 Å². The van der Waals surface area contributed by atoms with Crippen LogP contribution in [0.5, 0.6) is 0 Å². The molecule has 0 bridgehead atoms. The van der Waals surface area contributed by atoms with Crippen LogP contribution in [0, 0.1) is 6.92 Å². The predicted molar refractivity (Wildman–Crippen MR) is 71.9 cm³/mol. The van der Waals surface area contributed by atoms with E-state index in [0.717, 1.165) is 11.2 Å². The monoisotopic (exact) mass is 219 g/mol. The highest BCUT2D eigenvalue weighted by molar-refractivity contribution is 5.84. The molecule has 0 amide bonds. The van der Waals surface area contributed by atoms with E-state index < -0.39 is 0 Å². The summed E-state index contributed by atoms with van der Waals surface area (Å²) in [4.78, 5) is 4.51. The Kier molecular flexibility index (Phi) is 2.37. The van der Waals surface area contributed by atoms with Gasteiger partial charge < -0.3 is 0 Å². The summed E-state index contributed by atoms with van der Waals surface area (Å²) in [6, 6.07) is 21.0. The maximum Gasteiger partial charge on any atom is 0.0705 e. The molecule has 1 nitrogen and oxygen atoms in total. The quantitative estimate of drug-likeness (QED) is 0.597. The lowest BCUT2D eigenvalue weighted by atomic mass is 10.0. The molecule has 0 atom stereocenters. The standard InChI is InChI=1S/C16H13N/c1-12-7-8-15-11-14(9-10-16(15)17-12)13-5-3-2-4-6-13/h2-11H,1H3. The largest absolute Gasteiger partial charge is 0.253 e. The fourth-order valence-corrected chi connectivity index (χ4v) is 2.04. The van der Waals surface area contributed by atoms with E-state index in [4.69, 9.17) is 0 Å². The van der Waals surface area contributed by atoms with Crippen molar-refractivity contribution in [1.82, 2.24) is 4.98 Å². The minimum Gasteiger partial charge on any atom is -0.253 e. The molecule has 0 saturated heterocycles. The third-order valence-corrected chi connectivity index (χ3v) is 2.94. The van der Waals surface area contributed by atoms with Crippen LogP contribution in [0.1, 0.15) is 5.69 Å². The summed E-state index contributed by atoms with van der Waals surface area (Å²) in [6.45, 7) is 2.02. The molecule has 0 aliphatic heterocycles. The maximum absolute atomic E-state index is 4.51. The summed E-state index contributed by atoms with van der Waals surface area (Å²) in [5, 5.41) is 1.19. The molecular formula is C16H13N. The molecule has 3 aromatic rings. The van der Waals surface area contributed by atoms with Crippen LogP contribution in [0.15, 0.2) is 60.7 Å². The molecule has 1 heterocycles. The summed E-state index contributed by atoms with van der Waals surface area (Å²) in [7, 11) is 0. The summed E-state index contributed by atoms with van der Waals surface area (Å²) in [6.07, 6.45) is 0. The molecule has 1 aromatic heterocycles. The van der Waals surface area contributed by atoms with Gasteiger partial charge in [-0.15, -0.1) is 0 Å². The van der Waals surface area contributed by atoms with Gasteiger partial charge in [-0.2, -0.15) is 0 Å². The Bertz CT molecular complexity index is 657. The topological polar surface area (TPSA) is 12.9 Å². The van der Waals surface area contributed by atoms with Crippen molar-refractivity contribution in [2.75, 3.05) is 0 Å². The maximum atomic E-state index is 4.51. The van der Waals surface area contributed by atoms with Crippen molar-refractivity contribution in [2.45, 2.75) is 6.92 Å². The molecule has 82 valence electrons. The van der Waals surface area contributed by atoms with Crippen molar-refractivity contribution >= 4 is 10.9 Å². The highest BCUT2D eigenvalue weighted by atomic mass is 14.7. The van der Waals surface area contributed by atoms with E-state index in [1.54, 1.807) is 0 Å². The fourth-order valence-electron chi connectivity index (χ4n) is 2.04. The lowest BCUT2D eigenvalue weighted by molar-refractivity contribution is 1.26. The van der Waals surface area contributed by atoms with E-state index in [9.17, 15) is 0 Å². The Morgan fingerprint density at radius 1 is 0.765 bits per heavy atom. The molecule has 0 N–H and O–H groups in total. The molecule has 0 unspecified atom stereocenters. The van der Waals surface area contributed by atoms with Gasteiger partial charge in [-0.25, -0.2) is 0 Å². The Hall–Kier alpha value is -2.15. The highest BCUT2D eigenvalue weighted by Crippen LogP contribution is 2.23. The van der Waals surface area contributed by atoms with Crippen LogP contribution < -0.4 is 0 Å². The molecule has 0 aliphatic carbocycles. The van der Waals surface area contributed by atoms with Gasteiger partial charge in [-0.3, -0.25) is 4.98 Å². The van der Waals surface area contributed by atoms with Crippen LogP contribution >= 0.6 is 0 Å². The smallest absolute Gasteiger partial charge is 0.0705 e. The summed E-state index contributed by atoms with van der Waals surface area (Å²) in [5.74, 6) is 0. The van der Waals surface area contributed by atoms with E-state index in [1.165, 1.54) is 16.5 Å². The van der Waals surface area contributed by atoms with Crippen LogP contribution in [-0.4, -0.2) is 4.98 Å². The van der Waals surface area contributed by atoms with Gasteiger partial charge in [0.1, 0.15) is 0 Å². The Labute approximate surface area is 101 Å². The Morgan fingerprint density at radius 3 is 2.41 bits per heavy atom. The number of fused-ring (bicyclic) bond motifs is 1. The zero-order valence-electron chi connectivity index (χ0n) is 9.72. The van der Waals surface area contributed by atoms with Crippen LogP contribution in [0.3, 0.4) is 0 Å². The second kappa shape index (κ2) is 4.02. The zero-order valence-corrected chi connectivity index (χ0v) is 9.72. The number of benzene rings is 2. The molecule has 0 saturated carbocycles. The first-order valence-electron chi connectivity index (χ1n) is 5.76. The van der Waals surface area contributed by atoms with Crippen molar-refractivity contribution in [1.29, 1.82) is 0 Å².